The lowest BCUT2D eigenvalue weighted by atomic mass is 9.16. The minimum atomic E-state index is 0.203. The highest BCUT2D eigenvalue weighted by molar-refractivity contribution is 5.52. The molecule has 0 radical (unpaired) electrons. The average molecular weight is 159 g/mol. The Morgan fingerprint density at radius 3 is 2.50 bits per heavy atom. The van der Waals surface area contributed by atoms with Crippen molar-refractivity contribution in [3.63, 3.8) is 0 Å². The van der Waals surface area contributed by atoms with Gasteiger partial charge in [-0.15, -0.1) is 0 Å². The highest BCUT2D eigenvalue weighted by Crippen LogP contribution is 2.97. The molecule has 0 saturated heterocycles. The smallest absolute Gasteiger partial charge is 0.211 e. The van der Waals surface area contributed by atoms with Crippen molar-refractivity contribution < 1.29 is 4.79 Å². The molecule has 6 saturated carbocycles. The molecule has 6 fully saturated rings. The zero-order valence-corrected chi connectivity index (χ0v) is 6.60. The summed E-state index contributed by atoms with van der Waals surface area (Å²) in [7, 11) is 0. The second-order valence-corrected chi connectivity index (χ2v) is 5.39. The molecule has 2 heteroatoms. The predicted octanol–water partition coefficient (Wildman–Crippen LogP) is 0.833. The topological polar surface area (TPSA) is 29.4 Å². The second kappa shape index (κ2) is 1.06. The first-order chi connectivity index (χ1) is 5.91. The van der Waals surface area contributed by atoms with E-state index in [9.17, 15) is 4.79 Å². The van der Waals surface area contributed by atoms with E-state index < -0.39 is 0 Å². The zero-order chi connectivity index (χ0) is 7.66. The van der Waals surface area contributed by atoms with E-state index in [4.69, 9.17) is 0 Å². The molecule has 0 amide bonds. The summed E-state index contributed by atoms with van der Waals surface area (Å²) in [5, 5.41) is 0. The van der Waals surface area contributed by atoms with Crippen molar-refractivity contribution >= 4 is 6.08 Å². The van der Waals surface area contributed by atoms with Crippen LogP contribution < -0.4 is 0 Å². The van der Waals surface area contributed by atoms with Crippen LogP contribution in [0.5, 0.6) is 0 Å². The first-order valence-corrected chi connectivity index (χ1v) is 5.00. The van der Waals surface area contributed by atoms with Gasteiger partial charge in [0.1, 0.15) is 0 Å². The number of aliphatic imine (C=N–C) groups is 1. The molecule has 6 aliphatic carbocycles. The maximum atomic E-state index is 10.3. The molecule has 0 spiro atoms. The zero-order valence-electron chi connectivity index (χ0n) is 6.60. The summed E-state index contributed by atoms with van der Waals surface area (Å²) in [6, 6.07) is 0. The number of carbonyl (C=O) groups excluding carboxylic acids is 1. The summed E-state index contributed by atoms with van der Waals surface area (Å²) in [4.78, 5) is 14.4. The minimum Gasteiger partial charge on any atom is -0.211 e. The highest BCUT2D eigenvalue weighted by Gasteiger charge is 2.98. The maximum Gasteiger partial charge on any atom is 0.235 e. The average Bonchev–Trinajstić information content (AvgIpc) is 2.33. The van der Waals surface area contributed by atoms with Gasteiger partial charge < -0.3 is 0 Å². The number of nitrogens with zero attached hydrogens (tertiary/aromatic N) is 1. The lowest BCUT2D eigenvalue weighted by molar-refractivity contribution is -0.390. The number of rotatable bonds is 1. The molecule has 4 unspecified atom stereocenters. The van der Waals surface area contributed by atoms with Crippen LogP contribution in [0, 0.1) is 41.4 Å². The van der Waals surface area contributed by atoms with E-state index in [1.807, 2.05) is 6.08 Å². The molecule has 0 aromatic heterocycles. The third-order valence-corrected chi connectivity index (χ3v) is 5.96. The minimum absolute atomic E-state index is 0.203. The molecule has 6 rings (SSSR count). The lowest BCUT2D eigenvalue weighted by Crippen LogP contribution is -2.92. The van der Waals surface area contributed by atoms with Gasteiger partial charge in [-0.2, -0.15) is 4.99 Å². The van der Waals surface area contributed by atoms with Gasteiger partial charge in [0.15, 0.2) is 0 Å². The molecule has 2 nitrogen and oxygen atoms in total. The second-order valence-electron chi connectivity index (χ2n) is 5.39. The van der Waals surface area contributed by atoms with Crippen molar-refractivity contribution in [1.82, 2.24) is 0 Å². The fourth-order valence-corrected chi connectivity index (χ4v) is 6.13. The standard InChI is InChI=1S/C10H9NO/c12-2-11-10-7-4-1-3-5(7)9(10)6(3)8(4)10/h3-9H,1H2. The fraction of sp³-hybridized carbons (Fsp3) is 0.900. The van der Waals surface area contributed by atoms with Gasteiger partial charge in [0.25, 0.3) is 0 Å². The van der Waals surface area contributed by atoms with Crippen molar-refractivity contribution in [2.75, 3.05) is 0 Å². The van der Waals surface area contributed by atoms with Crippen LogP contribution in [0.25, 0.3) is 0 Å². The Morgan fingerprint density at radius 2 is 1.92 bits per heavy atom. The molecule has 0 aliphatic heterocycles. The van der Waals surface area contributed by atoms with Gasteiger partial charge in [-0.1, -0.05) is 0 Å². The van der Waals surface area contributed by atoms with Crippen LogP contribution in [0.15, 0.2) is 4.99 Å². The number of hydrogen-bond donors (Lipinski definition) is 0. The van der Waals surface area contributed by atoms with Crippen LogP contribution in [0.3, 0.4) is 0 Å². The van der Waals surface area contributed by atoms with Crippen molar-refractivity contribution in [3.05, 3.63) is 0 Å². The van der Waals surface area contributed by atoms with Gasteiger partial charge in [0, 0.05) is 0 Å². The summed E-state index contributed by atoms with van der Waals surface area (Å²) in [6.45, 7) is 0. The van der Waals surface area contributed by atoms with Crippen LogP contribution in [0.1, 0.15) is 6.42 Å². The summed E-state index contributed by atoms with van der Waals surface area (Å²) in [5.74, 6) is 6.67. The Kier molecular flexibility index (Phi) is 0.457. The Labute approximate surface area is 70.1 Å². The summed E-state index contributed by atoms with van der Waals surface area (Å²) in [6.07, 6.45) is 3.29. The molecule has 4 atom stereocenters. The molecule has 0 heterocycles. The van der Waals surface area contributed by atoms with E-state index in [1.165, 1.54) is 6.42 Å². The lowest BCUT2D eigenvalue weighted by Gasteiger charge is -2.88. The van der Waals surface area contributed by atoms with Crippen LogP contribution in [-0.2, 0) is 4.79 Å². The van der Waals surface area contributed by atoms with Crippen LogP contribution in [0.4, 0.5) is 0 Å². The highest BCUT2D eigenvalue weighted by atomic mass is 16.1. The molecule has 0 aromatic rings. The van der Waals surface area contributed by atoms with Crippen molar-refractivity contribution in [1.29, 1.82) is 0 Å². The molecule has 60 valence electrons. The van der Waals surface area contributed by atoms with Gasteiger partial charge in [-0.25, -0.2) is 4.79 Å². The van der Waals surface area contributed by atoms with Crippen LogP contribution >= 0.6 is 0 Å². The molecule has 0 N–H and O–H groups in total. The maximum absolute atomic E-state index is 10.3. The fourth-order valence-electron chi connectivity index (χ4n) is 6.13. The summed E-state index contributed by atoms with van der Waals surface area (Å²) < 4.78 is 0. The quantitative estimate of drug-likeness (QED) is 0.411. The summed E-state index contributed by atoms with van der Waals surface area (Å²) in [5.41, 5.74) is 0.203. The van der Waals surface area contributed by atoms with Crippen molar-refractivity contribution in [2.24, 2.45) is 46.4 Å². The molecule has 6 aliphatic rings. The normalized spacial score (nSPS) is 82.2. The van der Waals surface area contributed by atoms with Crippen molar-refractivity contribution in [2.45, 2.75) is 12.0 Å². The largest absolute Gasteiger partial charge is 0.235 e. The molecule has 0 aromatic carbocycles. The van der Waals surface area contributed by atoms with Gasteiger partial charge in [0.2, 0.25) is 6.08 Å². The number of hydrogen-bond acceptors (Lipinski definition) is 2. The summed E-state index contributed by atoms with van der Waals surface area (Å²) >= 11 is 0. The van der Waals surface area contributed by atoms with E-state index in [1.54, 1.807) is 0 Å². The van der Waals surface area contributed by atoms with E-state index >= 15 is 0 Å². The van der Waals surface area contributed by atoms with Gasteiger partial charge in [-0.05, 0) is 47.8 Å². The third kappa shape index (κ3) is 0.200. The molecule has 12 heavy (non-hydrogen) atoms. The molecule has 2 bridgehead atoms. The first kappa shape index (κ1) is 5.18. The van der Waals surface area contributed by atoms with Gasteiger partial charge in [-0.3, -0.25) is 0 Å². The SMILES string of the molecule is O=C=NC12C3C4CC5C3C1C5C42. The first-order valence-electron chi connectivity index (χ1n) is 5.00. The van der Waals surface area contributed by atoms with Crippen LogP contribution in [0.2, 0.25) is 0 Å². The Balaban J connectivity index is 1.78. The Morgan fingerprint density at radius 1 is 1.17 bits per heavy atom. The van der Waals surface area contributed by atoms with E-state index in [2.05, 4.69) is 4.99 Å². The molecular formula is C10H9NO. The van der Waals surface area contributed by atoms with Gasteiger partial charge in [0.05, 0.1) is 5.54 Å². The Bertz CT molecular complexity index is 346. The third-order valence-electron chi connectivity index (χ3n) is 5.96. The monoisotopic (exact) mass is 159 g/mol. The predicted molar refractivity (Wildman–Crippen MR) is 39.9 cm³/mol. The van der Waals surface area contributed by atoms with Gasteiger partial charge >= 0.3 is 0 Å². The van der Waals surface area contributed by atoms with Crippen molar-refractivity contribution in [3.8, 4) is 0 Å². The number of isocyanates is 1. The molecular weight excluding hydrogens is 150 g/mol. The van der Waals surface area contributed by atoms with E-state index in [0.717, 1.165) is 41.4 Å². The van der Waals surface area contributed by atoms with E-state index in [0.29, 0.717) is 0 Å². The van der Waals surface area contributed by atoms with E-state index in [-0.39, 0.29) is 5.54 Å². The Hall–Kier alpha value is -0.620. The van der Waals surface area contributed by atoms with Crippen LogP contribution in [-0.4, -0.2) is 11.6 Å².